The maximum Gasteiger partial charge on any atom is 0.315 e. The fourth-order valence-electron chi connectivity index (χ4n) is 1.88. The minimum atomic E-state index is -0.221. The normalized spacial score (nSPS) is 15.6. The number of amides is 2. The monoisotopic (exact) mass is 278 g/mol. The van der Waals surface area contributed by atoms with Crippen molar-refractivity contribution >= 4 is 11.8 Å². The van der Waals surface area contributed by atoms with Crippen molar-refractivity contribution in [2.24, 2.45) is 5.41 Å². The number of urea groups is 1. The second kappa shape index (κ2) is 6.09. The smallest absolute Gasteiger partial charge is 0.315 e. The van der Waals surface area contributed by atoms with Gasteiger partial charge in [0.2, 0.25) is 0 Å². The molecule has 1 aromatic heterocycles. The van der Waals surface area contributed by atoms with Crippen molar-refractivity contribution in [3.63, 3.8) is 0 Å². The van der Waals surface area contributed by atoms with E-state index in [9.17, 15) is 9.90 Å². The van der Waals surface area contributed by atoms with Crippen molar-refractivity contribution in [1.82, 2.24) is 15.6 Å². The summed E-state index contributed by atoms with van der Waals surface area (Å²) in [5.74, 6) is 0.863. The standard InChI is InChI=1S/C14H22N4O2/c1-18(2)12-5-3-4-11(17-12)8-15-13(20)16-9-14(10-19)6-7-14/h3-5,19H,6-10H2,1-2H3,(H2,15,16,20). The van der Waals surface area contributed by atoms with Crippen molar-refractivity contribution in [3.8, 4) is 0 Å². The summed E-state index contributed by atoms with van der Waals surface area (Å²) >= 11 is 0. The molecular weight excluding hydrogens is 256 g/mol. The van der Waals surface area contributed by atoms with Gasteiger partial charge in [-0.25, -0.2) is 9.78 Å². The second-order valence-corrected chi connectivity index (χ2v) is 5.58. The molecule has 0 saturated heterocycles. The number of aromatic nitrogens is 1. The third kappa shape index (κ3) is 3.84. The number of hydrogen-bond acceptors (Lipinski definition) is 4. The predicted octanol–water partition coefficient (Wildman–Crippen LogP) is 0.719. The van der Waals surface area contributed by atoms with Gasteiger partial charge < -0.3 is 20.6 Å². The van der Waals surface area contributed by atoms with Gasteiger partial charge in [0.1, 0.15) is 5.82 Å². The Bertz CT molecular complexity index is 472. The fourth-order valence-corrected chi connectivity index (χ4v) is 1.88. The molecule has 0 unspecified atom stereocenters. The summed E-state index contributed by atoms with van der Waals surface area (Å²) in [7, 11) is 3.85. The molecule has 1 heterocycles. The molecule has 0 aliphatic heterocycles. The third-order valence-electron chi connectivity index (χ3n) is 3.60. The number of hydrogen-bond donors (Lipinski definition) is 3. The van der Waals surface area contributed by atoms with E-state index in [0.717, 1.165) is 24.4 Å². The molecule has 2 rings (SSSR count). The van der Waals surface area contributed by atoms with Crippen LogP contribution in [0.3, 0.4) is 0 Å². The zero-order valence-electron chi connectivity index (χ0n) is 12.0. The number of nitrogens with one attached hydrogen (secondary N) is 2. The van der Waals surface area contributed by atoms with E-state index in [1.54, 1.807) is 0 Å². The van der Waals surface area contributed by atoms with Crippen LogP contribution < -0.4 is 15.5 Å². The van der Waals surface area contributed by atoms with Gasteiger partial charge in [-0.2, -0.15) is 0 Å². The second-order valence-electron chi connectivity index (χ2n) is 5.58. The zero-order chi connectivity index (χ0) is 14.6. The Morgan fingerprint density at radius 2 is 2.15 bits per heavy atom. The lowest BCUT2D eigenvalue weighted by Crippen LogP contribution is -2.39. The van der Waals surface area contributed by atoms with E-state index in [1.807, 2.05) is 37.2 Å². The van der Waals surface area contributed by atoms with E-state index in [-0.39, 0.29) is 18.1 Å². The molecule has 0 atom stereocenters. The molecule has 20 heavy (non-hydrogen) atoms. The van der Waals surface area contributed by atoms with E-state index in [2.05, 4.69) is 15.6 Å². The third-order valence-corrected chi connectivity index (χ3v) is 3.60. The highest BCUT2D eigenvalue weighted by atomic mass is 16.3. The van der Waals surface area contributed by atoms with Crippen molar-refractivity contribution in [3.05, 3.63) is 23.9 Å². The average molecular weight is 278 g/mol. The number of carbonyl (C=O) groups is 1. The van der Waals surface area contributed by atoms with Crippen LogP contribution >= 0.6 is 0 Å². The van der Waals surface area contributed by atoms with Crippen LogP contribution in [0.4, 0.5) is 10.6 Å². The van der Waals surface area contributed by atoms with Gasteiger partial charge in [0, 0.05) is 26.1 Å². The van der Waals surface area contributed by atoms with Gasteiger partial charge in [-0.05, 0) is 25.0 Å². The van der Waals surface area contributed by atoms with Crippen LogP contribution in [0.15, 0.2) is 18.2 Å². The van der Waals surface area contributed by atoms with Gasteiger partial charge >= 0.3 is 6.03 Å². The molecule has 2 amide bonds. The Hall–Kier alpha value is -1.82. The van der Waals surface area contributed by atoms with Gasteiger partial charge in [0.05, 0.1) is 18.8 Å². The molecule has 0 spiro atoms. The summed E-state index contributed by atoms with van der Waals surface area (Å²) in [6.07, 6.45) is 1.96. The van der Waals surface area contributed by atoms with Gasteiger partial charge in [-0.3, -0.25) is 0 Å². The summed E-state index contributed by atoms with van der Waals surface area (Å²) in [4.78, 5) is 18.0. The van der Waals surface area contributed by atoms with E-state index in [4.69, 9.17) is 0 Å². The molecule has 1 fully saturated rings. The Morgan fingerprint density at radius 1 is 1.40 bits per heavy atom. The first-order chi connectivity index (χ1) is 9.54. The van der Waals surface area contributed by atoms with Gasteiger partial charge in [0.25, 0.3) is 0 Å². The summed E-state index contributed by atoms with van der Waals surface area (Å²) in [5.41, 5.74) is 0.745. The van der Waals surface area contributed by atoms with Gasteiger partial charge in [0.15, 0.2) is 0 Å². The lowest BCUT2D eigenvalue weighted by Gasteiger charge is -2.14. The summed E-state index contributed by atoms with van der Waals surface area (Å²) in [5, 5.41) is 14.7. The molecule has 6 nitrogen and oxygen atoms in total. The average Bonchev–Trinajstić information content (AvgIpc) is 3.24. The summed E-state index contributed by atoms with van der Waals surface area (Å²) in [6.45, 7) is 1.06. The largest absolute Gasteiger partial charge is 0.396 e. The van der Waals surface area contributed by atoms with E-state index in [1.165, 1.54) is 0 Å². The van der Waals surface area contributed by atoms with E-state index >= 15 is 0 Å². The van der Waals surface area contributed by atoms with Crippen LogP contribution in [0, 0.1) is 5.41 Å². The van der Waals surface area contributed by atoms with Crippen LogP contribution in [-0.4, -0.2) is 43.4 Å². The number of pyridine rings is 1. The highest BCUT2D eigenvalue weighted by Gasteiger charge is 2.42. The topological polar surface area (TPSA) is 77.5 Å². The molecular formula is C14H22N4O2. The molecule has 1 aliphatic rings. The molecule has 1 aliphatic carbocycles. The first-order valence-electron chi connectivity index (χ1n) is 6.80. The van der Waals surface area contributed by atoms with E-state index < -0.39 is 0 Å². The Labute approximate surface area is 119 Å². The number of anilines is 1. The molecule has 1 saturated carbocycles. The zero-order valence-corrected chi connectivity index (χ0v) is 12.0. The number of aliphatic hydroxyl groups excluding tert-OH is 1. The van der Waals surface area contributed by atoms with Crippen molar-refractivity contribution in [2.45, 2.75) is 19.4 Å². The van der Waals surface area contributed by atoms with Crippen molar-refractivity contribution in [1.29, 1.82) is 0 Å². The molecule has 1 aromatic rings. The molecule has 0 radical (unpaired) electrons. The Kier molecular flexibility index (Phi) is 4.44. The van der Waals surface area contributed by atoms with Crippen LogP contribution in [0.2, 0.25) is 0 Å². The maximum absolute atomic E-state index is 11.7. The molecule has 0 bridgehead atoms. The number of aliphatic hydroxyl groups is 1. The molecule has 110 valence electrons. The van der Waals surface area contributed by atoms with Crippen LogP contribution in [0.25, 0.3) is 0 Å². The Morgan fingerprint density at radius 3 is 2.75 bits per heavy atom. The summed E-state index contributed by atoms with van der Waals surface area (Å²) < 4.78 is 0. The minimum Gasteiger partial charge on any atom is -0.396 e. The quantitative estimate of drug-likeness (QED) is 0.716. The highest BCUT2D eigenvalue weighted by molar-refractivity contribution is 5.73. The number of carbonyl (C=O) groups excluding carboxylic acids is 1. The lowest BCUT2D eigenvalue weighted by atomic mass is 10.1. The van der Waals surface area contributed by atoms with Crippen LogP contribution in [0.1, 0.15) is 18.5 Å². The number of rotatable bonds is 6. The van der Waals surface area contributed by atoms with Crippen molar-refractivity contribution in [2.75, 3.05) is 32.1 Å². The van der Waals surface area contributed by atoms with E-state index in [0.29, 0.717) is 13.1 Å². The minimum absolute atomic E-state index is 0.0690. The van der Waals surface area contributed by atoms with Crippen LogP contribution in [0.5, 0.6) is 0 Å². The number of nitrogens with zero attached hydrogens (tertiary/aromatic N) is 2. The lowest BCUT2D eigenvalue weighted by molar-refractivity contribution is 0.203. The Balaban J connectivity index is 1.77. The molecule has 3 N–H and O–H groups in total. The highest BCUT2D eigenvalue weighted by Crippen LogP contribution is 2.44. The fraction of sp³-hybridized carbons (Fsp3) is 0.571. The predicted molar refractivity (Wildman–Crippen MR) is 77.6 cm³/mol. The first kappa shape index (κ1) is 14.6. The SMILES string of the molecule is CN(C)c1cccc(CNC(=O)NCC2(CO)CC2)n1. The van der Waals surface area contributed by atoms with Crippen molar-refractivity contribution < 1.29 is 9.90 Å². The van der Waals surface area contributed by atoms with Gasteiger partial charge in [-0.1, -0.05) is 6.07 Å². The molecule has 6 heteroatoms. The maximum atomic E-state index is 11.7. The van der Waals surface area contributed by atoms with Crippen LogP contribution in [-0.2, 0) is 6.54 Å². The first-order valence-corrected chi connectivity index (χ1v) is 6.80. The summed E-state index contributed by atoms with van der Waals surface area (Å²) in [6, 6.07) is 5.49. The van der Waals surface area contributed by atoms with Gasteiger partial charge in [-0.15, -0.1) is 0 Å². The molecule has 0 aromatic carbocycles.